The van der Waals surface area contributed by atoms with Gasteiger partial charge in [-0.05, 0) is 57.3 Å². The number of hydrogen-bond acceptors (Lipinski definition) is 3. The van der Waals surface area contributed by atoms with Crippen molar-refractivity contribution in [2.24, 2.45) is 23.5 Å². The van der Waals surface area contributed by atoms with Gasteiger partial charge in [0.15, 0.2) is 0 Å². The SMILES string of the molecule is CC(NC(=O)C1C2CCC(C2)C1N)C(=O)N1CCCCC1.Cl. The molecule has 126 valence electrons. The van der Waals surface area contributed by atoms with E-state index < -0.39 is 6.04 Å². The molecule has 0 spiro atoms. The summed E-state index contributed by atoms with van der Waals surface area (Å²) < 4.78 is 0. The second kappa shape index (κ2) is 7.18. The molecule has 3 rings (SSSR count). The molecule has 22 heavy (non-hydrogen) atoms. The van der Waals surface area contributed by atoms with E-state index in [2.05, 4.69) is 5.32 Å². The number of nitrogens with one attached hydrogen (secondary N) is 1. The Morgan fingerprint density at radius 3 is 2.36 bits per heavy atom. The van der Waals surface area contributed by atoms with E-state index in [0.717, 1.165) is 45.2 Å². The average Bonchev–Trinajstić information content (AvgIpc) is 3.08. The van der Waals surface area contributed by atoms with Crippen LogP contribution in [0.3, 0.4) is 0 Å². The van der Waals surface area contributed by atoms with Crippen LogP contribution in [0.25, 0.3) is 0 Å². The first-order chi connectivity index (χ1) is 10.1. The van der Waals surface area contributed by atoms with Crippen LogP contribution >= 0.6 is 12.4 Å². The van der Waals surface area contributed by atoms with Gasteiger partial charge in [-0.1, -0.05) is 0 Å². The molecule has 3 fully saturated rings. The fraction of sp³-hybridized carbons (Fsp3) is 0.875. The number of halogens is 1. The minimum Gasteiger partial charge on any atom is -0.344 e. The largest absolute Gasteiger partial charge is 0.344 e. The summed E-state index contributed by atoms with van der Waals surface area (Å²) in [5.74, 6) is 0.911. The monoisotopic (exact) mass is 329 g/mol. The van der Waals surface area contributed by atoms with Crippen LogP contribution in [0.1, 0.15) is 45.4 Å². The lowest BCUT2D eigenvalue weighted by Gasteiger charge is -2.31. The first-order valence-electron chi connectivity index (χ1n) is 8.42. The van der Waals surface area contributed by atoms with E-state index in [0.29, 0.717) is 11.8 Å². The number of fused-ring (bicyclic) bond motifs is 2. The molecule has 5 atom stereocenters. The fourth-order valence-corrected chi connectivity index (χ4v) is 4.48. The van der Waals surface area contributed by atoms with Gasteiger partial charge in [0.2, 0.25) is 11.8 Å². The van der Waals surface area contributed by atoms with Crippen molar-refractivity contribution in [3.63, 3.8) is 0 Å². The van der Waals surface area contributed by atoms with Crippen LogP contribution in [-0.2, 0) is 9.59 Å². The zero-order chi connectivity index (χ0) is 15.0. The highest BCUT2D eigenvalue weighted by Crippen LogP contribution is 2.47. The molecule has 1 aliphatic heterocycles. The van der Waals surface area contributed by atoms with Gasteiger partial charge in [0.1, 0.15) is 6.04 Å². The van der Waals surface area contributed by atoms with Crippen LogP contribution in [-0.4, -0.2) is 41.9 Å². The number of piperidine rings is 1. The molecule has 0 aromatic heterocycles. The van der Waals surface area contributed by atoms with Crippen molar-refractivity contribution in [2.75, 3.05) is 13.1 Å². The maximum absolute atomic E-state index is 12.5. The van der Waals surface area contributed by atoms with Crippen LogP contribution < -0.4 is 11.1 Å². The Hall–Kier alpha value is -0.810. The summed E-state index contributed by atoms with van der Waals surface area (Å²) in [7, 11) is 0. The second-order valence-corrected chi connectivity index (χ2v) is 7.05. The lowest BCUT2D eigenvalue weighted by Crippen LogP contribution is -2.52. The quantitative estimate of drug-likeness (QED) is 0.819. The predicted octanol–water partition coefficient (Wildman–Crippen LogP) is 1.30. The Bertz CT molecular complexity index is 424. The molecule has 3 aliphatic rings. The maximum Gasteiger partial charge on any atom is 0.244 e. The number of rotatable bonds is 3. The Balaban J connectivity index is 0.00000176. The van der Waals surface area contributed by atoms with Crippen molar-refractivity contribution in [1.29, 1.82) is 0 Å². The highest BCUT2D eigenvalue weighted by Gasteiger charge is 2.49. The molecule has 2 amide bonds. The van der Waals surface area contributed by atoms with Gasteiger partial charge >= 0.3 is 0 Å². The van der Waals surface area contributed by atoms with E-state index >= 15 is 0 Å². The summed E-state index contributed by atoms with van der Waals surface area (Å²) in [4.78, 5) is 26.7. The molecule has 2 aliphatic carbocycles. The van der Waals surface area contributed by atoms with E-state index in [-0.39, 0.29) is 36.2 Å². The number of nitrogens with zero attached hydrogens (tertiary/aromatic N) is 1. The highest BCUT2D eigenvalue weighted by molar-refractivity contribution is 5.89. The summed E-state index contributed by atoms with van der Waals surface area (Å²) in [5.41, 5.74) is 6.20. The zero-order valence-corrected chi connectivity index (χ0v) is 14.1. The molecular formula is C16H28ClN3O2. The summed E-state index contributed by atoms with van der Waals surface area (Å²) in [6, 6.07) is -0.442. The minimum atomic E-state index is -0.429. The van der Waals surface area contributed by atoms with Crippen molar-refractivity contribution < 1.29 is 9.59 Å². The number of carbonyl (C=O) groups is 2. The standard InChI is InChI=1S/C16H27N3O2.ClH/c1-10(16(21)19-7-3-2-4-8-19)18-15(20)13-11-5-6-12(9-11)14(13)17;/h10-14H,2-9,17H2,1H3,(H,18,20);1H. The van der Waals surface area contributed by atoms with Gasteiger partial charge in [-0.2, -0.15) is 0 Å². The number of carbonyl (C=O) groups excluding carboxylic acids is 2. The Morgan fingerprint density at radius 1 is 1.14 bits per heavy atom. The lowest BCUT2D eigenvalue weighted by molar-refractivity contribution is -0.138. The van der Waals surface area contributed by atoms with Crippen molar-refractivity contribution >= 4 is 24.2 Å². The van der Waals surface area contributed by atoms with E-state index in [1.165, 1.54) is 6.42 Å². The van der Waals surface area contributed by atoms with Crippen LogP contribution in [0.4, 0.5) is 0 Å². The number of amides is 2. The molecule has 3 N–H and O–H groups in total. The summed E-state index contributed by atoms with van der Waals surface area (Å²) in [5, 5.41) is 2.92. The number of hydrogen-bond donors (Lipinski definition) is 2. The van der Waals surface area contributed by atoms with Gasteiger partial charge in [0.25, 0.3) is 0 Å². The van der Waals surface area contributed by atoms with E-state index in [1.807, 2.05) is 4.90 Å². The summed E-state index contributed by atoms with van der Waals surface area (Å²) >= 11 is 0. The molecule has 0 radical (unpaired) electrons. The molecule has 1 heterocycles. The number of nitrogens with two attached hydrogens (primary N) is 1. The molecule has 2 saturated carbocycles. The van der Waals surface area contributed by atoms with Crippen molar-refractivity contribution in [2.45, 2.75) is 57.5 Å². The number of likely N-dealkylation sites (tertiary alicyclic amines) is 1. The lowest BCUT2D eigenvalue weighted by atomic mass is 9.84. The Kier molecular flexibility index (Phi) is 5.72. The fourth-order valence-electron chi connectivity index (χ4n) is 4.48. The van der Waals surface area contributed by atoms with Crippen molar-refractivity contribution in [3.8, 4) is 0 Å². The maximum atomic E-state index is 12.5. The van der Waals surface area contributed by atoms with Gasteiger partial charge in [-0.25, -0.2) is 0 Å². The first-order valence-corrected chi connectivity index (χ1v) is 8.42. The molecule has 5 nitrogen and oxygen atoms in total. The molecule has 6 heteroatoms. The molecule has 1 saturated heterocycles. The van der Waals surface area contributed by atoms with Gasteiger partial charge < -0.3 is 16.0 Å². The van der Waals surface area contributed by atoms with Crippen molar-refractivity contribution in [1.82, 2.24) is 10.2 Å². The van der Waals surface area contributed by atoms with Crippen LogP contribution in [0, 0.1) is 17.8 Å². The van der Waals surface area contributed by atoms with E-state index in [1.54, 1.807) is 6.92 Å². The summed E-state index contributed by atoms with van der Waals surface area (Å²) in [6.07, 6.45) is 6.72. The normalized spacial score (nSPS) is 34.9. The third-order valence-corrected chi connectivity index (χ3v) is 5.68. The first kappa shape index (κ1) is 17.5. The van der Waals surface area contributed by atoms with Crippen molar-refractivity contribution in [3.05, 3.63) is 0 Å². The molecule has 2 bridgehead atoms. The van der Waals surface area contributed by atoms with E-state index in [9.17, 15) is 9.59 Å². The molecule has 0 aromatic carbocycles. The molecule has 5 unspecified atom stereocenters. The third-order valence-electron chi connectivity index (χ3n) is 5.68. The molecule has 0 aromatic rings. The van der Waals surface area contributed by atoms with E-state index in [4.69, 9.17) is 5.73 Å². The van der Waals surface area contributed by atoms with Gasteiger partial charge in [0.05, 0.1) is 5.92 Å². The van der Waals surface area contributed by atoms with Crippen LogP contribution in [0.2, 0.25) is 0 Å². The van der Waals surface area contributed by atoms with Gasteiger partial charge in [0, 0.05) is 19.1 Å². The minimum absolute atomic E-state index is 0. The third kappa shape index (κ3) is 3.25. The topological polar surface area (TPSA) is 75.4 Å². The predicted molar refractivity (Wildman–Crippen MR) is 87.6 cm³/mol. The van der Waals surface area contributed by atoms with Gasteiger partial charge in [-0.3, -0.25) is 9.59 Å². The van der Waals surface area contributed by atoms with Gasteiger partial charge in [-0.15, -0.1) is 12.4 Å². The highest BCUT2D eigenvalue weighted by atomic mass is 35.5. The van der Waals surface area contributed by atoms with Crippen LogP contribution in [0.15, 0.2) is 0 Å². The second-order valence-electron chi connectivity index (χ2n) is 7.05. The average molecular weight is 330 g/mol. The summed E-state index contributed by atoms with van der Waals surface area (Å²) in [6.45, 7) is 3.45. The smallest absolute Gasteiger partial charge is 0.244 e. The van der Waals surface area contributed by atoms with Crippen LogP contribution in [0.5, 0.6) is 0 Å². The Morgan fingerprint density at radius 2 is 1.77 bits per heavy atom. The zero-order valence-electron chi connectivity index (χ0n) is 13.3. The molecular weight excluding hydrogens is 302 g/mol. The Labute approximate surface area is 138 Å².